The smallest absolute Gasteiger partial charge is 0.312 e. The summed E-state index contributed by atoms with van der Waals surface area (Å²) in [4.78, 5) is 27.1. The summed E-state index contributed by atoms with van der Waals surface area (Å²) in [6.07, 6.45) is 5.88. The van der Waals surface area contributed by atoms with Gasteiger partial charge in [-0.05, 0) is 36.8 Å². The number of aromatic amines is 1. The van der Waals surface area contributed by atoms with Crippen LogP contribution in [0.5, 0.6) is 0 Å². The minimum atomic E-state index is -0.467. The molecule has 0 unspecified atom stereocenters. The molecule has 1 N–H and O–H groups in total. The molecular weight excluding hydrogens is 408 g/mol. The van der Waals surface area contributed by atoms with Crippen LogP contribution < -0.4 is 0 Å². The predicted molar refractivity (Wildman–Crippen MR) is 113 cm³/mol. The molecule has 5 aromatic heterocycles. The average Bonchev–Trinajstić information content (AvgIpc) is 3.57. The zero-order valence-corrected chi connectivity index (χ0v) is 17.1. The van der Waals surface area contributed by atoms with E-state index in [-0.39, 0.29) is 17.7 Å². The van der Waals surface area contributed by atoms with E-state index in [1.54, 1.807) is 28.0 Å². The number of H-pyrrole nitrogens is 1. The molecule has 0 saturated carbocycles. The van der Waals surface area contributed by atoms with Crippen molar-refractivity contribution in [1.29, 1.82) is 0 Å². The van der Waals surface area contributed by atoms with Gasteiger partial charge in [-0.2, -0.15) is 5.10 Å². The fourth-order valence-corrected chi connectivity index (χ4v) is 4.02. The van der Waals surface area contributed by atoms with Crippen molar-refractivity contribution in [3.05, 3.63) is 83.7 Å². The molecule has 0 aromatic carbocycles. The van der Waals surface area contributed by atoms with Crippen molar-refractivity contribution in [3.8, 4) is 11.6 Å². The second-order valence-electron chi connectivity index (χ2n) is 7.69. The van der Waals surface area contributed by atoms with E-state index < -0.39 is 6.04 Å². The molecule has 0 fully saturated rings. The number of pyridine rings is 2. The van der Waals surface area contributed by atoms with Gasteiger partial charge in [0.15, 0.2) is 0 Å². The van der Waals surface area contributed by atoms with Crippen molar-refractivity contribution in [2.24, 2.45) is 0 Å². The van der Waals surface area contributed by atoms with Crippen LogP contribution in [0.3, 0.4) is 0 Å². The van der Waals surface area contributed by atoms with Gasteiger partial charge in [-0.3, -0.25) is 9.78 Å². The number of hydrogen-bond acceptors (Lipinski definition) is 7. The van der Waals surface area contributed by atoms with Gasteiger partial charge in [-0.15, -0.1) is 10.2 Å². The van der Waals surface area contributed by atoms with E-state index in [4.69, 9.17) is 9.52 Å². The molecule has 0 radical (unpaired) electrons. The van der Waals surface area contributed by atoms with E-state index in [0.29, 0.717) is 18.7 Å². The SMILES string of the molecule is Cc1ccc(-c2nnc(C(=O)N3CCc4[nH]cnc4[C@H]3c3cc4ccccn4n3)o2)nc1. The van der Waals surface area contributed by atoms with E-state index in [0.717, 1.165) is 28.2 Å². The molecule has 10 nitrogen and oxygen atoms in total. The first-order chi connectivity index (χ1) is 15.7. The van der Waals surface area contributed by atoms with Crippen molar-refractivity contribution in [3.63, 3.8) is 0 Å². The third-order valence-electron chi connectivity index (χ3n) is 5.59. The highest BCUT2D eigenvalue weighted by molar-refractivity contribution is 5.90. The molecule has 1 aliphatic rings. The Morgan fingerprint density at radius 2 is 2.12 bits per heavy atom. The van der Waals surface area contributed by atoms with Gasteiger partial charge in [0.25, 0.3) is 5.89 Å². The number of imidazole rings is 1. The summed E-state index contributed by atoms with van der Waals surface area (Å²) in [5.74, 6) is -0.253. The second kappa shape index (κ2) is 7.12. The molecule has 0 aliphatic carbocycles. The van der Waals surface area contributed by atoms with Gasteiger partial charge >= 0.3 is 11.8 Å². The standard InChI is InChI=1S/C22H18N8O2/c1-13-5-6-16(23-11-13)20-26-27-21(32-20)22(31)29-9-7-15-18(25-12-24-15)19(29)17-10-14-4-2-3-8-30(14)28-17/h2-6,8,10-12,19H,7,9H2,1H3,(H,24,25)/t19-/m1/s1. The number of carbonyl (C=O) groups is 1. The third-order valence-corrected chi connectivity index (χ3v) is 5.59. The van der Waals surface area contributed by atoms with Crippen LogP contribution in [0.25, 0.3) is 17.1 Å². The molecule has 1 atom stereocenters. The number of nitrogens with zero attached hydrogens (tertiary/aromatic N) is 7. The summed E-state index contributed by atoms with van der Waals surface area (Å²) in [5, 5.41) is 12.7. The molecule has 0 saturated heterocycles. The minimum Gasteiger partial charge on any atom is -0.411 e. The number of rotatable bonds is 3. The summed E-state index contributed by atoms with van der Waals surface area (Å²) in [6.45, 7) is 2.41. The lowest BCUT2D eigenvalue weighted by molar-refractivity contribution is 0.0646. The van der Waals surface area contributed by atoms with Gasteiger partial charge in [0.2, 0.25) is 0 Å². The summed E-state index contributed by atoms with van der Waals surface area (Å²) >= 11 is 0. The minimum absolute atomic E-state index is 0.0878. The van der Waals surface area contributed by atoms with Crippen molar-refractivity contribution in [1.82, 2.24) is 39.7 Å². The Bertz CT molecular complexity index is 1400. The van der Waals surface area contributed by atoms with Crippen LogP contribution in [0.15, 0.2) is 59.5 Å². The van der Waals surface area contributed by atoms with Crippen molar-refractivity contribution >= 4 is 11.4 Å². The lowest BCUT2D eigenvalue weighted by Gasteiger charge is -2.32. The molecule has 10 heteroatoms. The van der Waals surface area contributed by atoms with Crippen LogP contribution in [0.4, 0.5) is 0 Å². The molecule has 1 aliphatic heterocycles. The van der Waals surface area contributed by atoms with Gasteiger partial charge in [0.05, 0.1) is 23.2 Å². The second-order valence-corrected chi connectivity index (χ2v) is 7.69. The summed E-state index contributed by atoms with van der Waals surface area (Å²) in [5.41, 5.74) is 4.95. The molecule has 0 bridgehead atoms. The number of amides is 1. The molecule has 32 heavy (non-hydrogen) atoms. The van der Waals surface area contributed by atoms with Gasteiger partial charge in [-0.25, -0.2) is 9.50 Å². The predicted octanol–water partition coefficient (Wildman–Crippen LogP) is 2.60. The first-order valence-corrected chi connectivity index (χ1v) is 10.2. The Hall–Kier alpha value is -4.34. The van der Waals surface area contributed by atoms with Crippen LogP contribution >= 0.6 is 0 Å². The summed E-state index contributed by atoms with van der Waals surface area (Å²) < 4.78 is 7.49. The van der Waals surface area contributed by atoms with Crippen LogP contribution in [0.1, 0.15) is 39.4 Å². The van der Waals surface area contributed by atoms with Gasteiger partial charge in [0.1, 0.15) is 11.7 Å². The van der Waals surface area contributed by atoms with Gasteiger partial charge in [-0.1, -0.05) is 12.1 Å². The summed E-state index contributed by atoms with van der Waals surface area (Å²) in [7, 11) is 0. The monoisotopic (exact) mass is 426 g/mol. The fraction of sp³-hybridized carbons (Fsp3) is 0.182. The van der Waals surface area contributed by atoms with E-state index in [2.05, 4.69) is 25.1 Å². The maximum absolute atomic E-state index is 13.5. The Morgan fingerprint density at radius 3 is 2.97 bits per heavy atom. The van der Waals surface area contributed by atoms with Crippen LogP contribution in [-0.2, 0) is 6.42 Å². The number of hydrogen-bond donors (Lipinski definition) is 1. The number of aryl methyl sites for hydroxylation is 1. The zero-order valence-electron chi connectivity index (χ0n) is 17.1. The number of aromatic nitrogens is 7. The highest BCUT2D eigenvalue weighted by atomic mass is 16.4. The largest absolute Gasteiger partial charge is 0.411 e. The van der Waals surface area contributed by atoms with E-state index in [1.807, 2.05) is 43.5 Å². The Morgan fingerprint density at radius 1 is 1.19 bits per heavy atom. The molecule has 5 aromatic rings. The van der Waals surface area contributed by atoms with Crippen molar-refractivity contribution < 1.29 is 9.21 Å². The quantitative estimate of drug-likeness (QED) is 0.471. The lowest BCUT2D eigenvalue weighted by atomic mass is 9.99. The highest BCUT2D eigenvalue weighted by Gasteiger charge is 2.38. The van der Waals surface area contributed by atoms with Crippen molar-refractivity contribution in [2.45, 2.75) is 19.4 Å². The van der Waals surface area contributed by atoms with Crippen LogP contribution in [0, 0.1) is 6.92 Å². The molecule has 1 amide bonds. The van der Waals surface area contributed by atoms with Crippen LogP contribution in [0.2, 0.25) is 0 Å². The fourth-order valence-electron chi connectivity index (χ4n) is 4.02. The lowest BCUT2D eigenvalue weighted by Crippen LogP contribution is -2.41. The van der Waals surface area contributed by atoms with E-state index in [9.17, 15) is 4.79 Å². The molecule has 6 heterocycles. The maximum Gasteiger partial charge on any atom is 0.312 e. The number of nitrogens with one attached hydrogen (secondary N) is 1. The van der Waals surface area contributed by atoms with Crippen LogP contribution in [-0.4, -0.2) is 52.1 Å². The Labute approximate surface area is 181 Å². The van der Waals surface area contributed by atoms with E-state index >= 15 is 0 Å². The summed E-state index contributed by atoms with van der Waals surface area (Å²) in [6, 6.07) is 11.0. The maximum atomic E-state index is 13.5. The first-order valence-electron chi connectivity index (χ1n) is 10.2. The first kappa shape index (κ1) is 18.4. The van der Waals surface area contributed by atoms with Gasteiger partial charge < -0.3 is 14.3 Å². The molecule has 158 valence electrons. The zero-order chi connectivity index (χ0) is 21.7. The number of fused-ring (bicyclic) bond motifs is 2. The average molecular weight is 426 g/mol. The topological polar surface area (TPSA) is 118 Å². The van der Waals surface area contributed by atoms with E-state index in [1.165, 1.54) is 0 Å². The molecular formula is C22H18N8O2. The van der Waals surface area contributed by atoms with Crippen molar-refractivity contribution in [2.75, 3.05) is 6.54 Å². The van der Waals surface area contributed by atoms with Gasteiger partial charge in [0, 0.05) is 31.1 Å². The normalized spacial score (nSPS) is 15.8. The number of carbonyl (C=O) groups excluding carboxylic acids is 1. The highest BCUT2D eigenvalue weighted by Crippen LogP contribution is 2.34. The molecule has 0 spiro atoms. The molecule has 6 rings (SSSR count). The Kier molecular flexibility index (Phi) is 4.10. The Balaban J connectivity index is 1.38. The third kappa shape index (κ3) is 2.96.